The maximum atomic E-state index is 13.0. The number of nitrogens with zero attached hydrogens (tertiary/aromatic N) is 4. The first kappa shape index (κ1) is 16.2. The molecule has 1 amide bonds. The van der Waals surface area contributed by atoms with E-state index < -0.39 is 0 Å². The fourth-order valence-electron chi connectivity index (χ4n) is 2.95. The Morgan fingerprint density at radius 2 is 2.26 bits per heavy atom. The summed E-state index contributed by atoms with van der Waals surface area (Å²) >= 11 is 1.72. The predicted octanol–water partition coefficient (Wildman–Crippen LogP) is 3.43. The molecule has 23 heavy (non-hydrogen) atoms. The van der Waals surface area contributed by atoms with E-state index in [9.17, 15) is 4.79 Å². The summed E-state index contributed by atoms with van der Waals surface area (Å²) in [4.78, 5) is 16.2. The Hall–Kier alpha value is -1.69. The van der Waals surface area contributed by atoms with Crippen molar-refractivity contribution in [3.05, 3.63) is 33.5 Å². The van der Waals surface area contributed by atoms with E-state index >= 15 is 0 Å². The molecule has 0 N–H and O–H groups in total. The highest BCUT2D eigenvalue weighted by molar-refractivity contribution is 7.10. The van der Waals surface area contributed by atoms with E-state index in [0.29, 0.717) is 12.4 Å². The van der Waals surface area contributed by atoms with Crippen LogP contribution in [0.2, 0.25) is 0 Å². The van der Waals surface area contributed by atoms with Crippen LogP contribution in [0.5, 0.6) is 0 Å². The molecule has 3 heterocycles. The Kier molecular flexibility index (Phi) is 5.10. The van der Waals surface area contributed by atoms with E-state index in [-0.39, 0.29) is 5.91 Å². The number of hydrogen-bond acceptors (Lipinski definition) is 4. The van der Waals surface area contributed by atoms with Gasteiger partial charge in [0.15, 0.2) is 0 Å². The number of fused-ring (bicyclic) bond motifs is 1. The topological polar surface area (TPSA) is 51.0 Å². The molecule has 0 bridgehead atoms. The standard InChI is InChI=1S/C17H24N4OS/c1-3-4-9-20(12-14-13(2)8-11-23-14)17(22)16-19-18-15-7-5-6-10-21(15)16/h8,11H,3-7,9-10,12H2,1-2H3. The van der Waals surface area contributed by atoms with Crippen molar-refractivity contribution < 1.29 is 4.79 Å². The van der Waals surface area contributed by atoms with Crippen molar-refractivity contribution in [3.63, 3.8) is 0 Å². The molecule has 1 aliphatic rings. The molecular formula is C17H24N4OS. The number of carbonyl (C=O) groups excluding carboxylic acids is 1. The second-order valence-electron chi connectivity index (χ2n) is 6.16. The van der Waals surface area contributed by atoms with Crippen LogP contribution in [-0.2, 0) is 19.5 Å². The van der Waals surface area contributed by atoms with Crippen LogP contribution in [0.4, 0.5) is 0 Å². The first-order valence-corrected chi connectivity index (χ1v) is 9.33. The lowest BCUT2D eigenvalue weighted by Crippen LogP contribution is -2.34. The monoisotopic (exact) mass is 332 g/mol. The number of amides is 1. The lowest BCUT2D eigenvalue weighted by atomic mass is 10.1. The molecule has 124 valence electrons. The van der Waals surface area contributed by atoms with E-state index in [1.165, 1.54) is 10.4 Å². The summed E-state index contributed by atoms with van der Waals surface area (Å²) < 4.78 is 2.02. The summed E-state index contributed by atoms with van der Waals surface area (Å²) in [5, 5.41) is 10.5. The quantitative estimate of drug-likeness (QED) is 0.814. The largest absolute Gasteiger partial charge is 0.331 e. The van der Waals surface area contributed by atoms with Gasteiger partial charge in [-0.2, -0.15) is 0 Å². The molecule has 5 nitrogen and oxygen atoms in total. The van der Waals surface area contributed by atoms with E-state index in [4.69, 9.17) is 0 Å². The summed E-state index contributed by atoms with van der Waals surface area (Å²) in [6.45, 7) is 6.56. The van der Waals surface area contributed by atoms with Gasteiger partial charge in [0.25, 0.3) is 5.91 Å². The third kappa shape index (κ3) is 3.47. The minimum Gasteiger partial charge on any atom is -0.331 e. The minimum absolute atomic E-state index is 0.0203. The van der Waals surface area contributed by atoms with Gasteiger partial charge in [-0.15, -0.1) is 21.5 Å². The van der Waals surface area contributed by atoms with Gasteiger partial charge in [0.2, 0.25) is 5.82 Å². The highest BCUT2D eigenvalue weighted by Gasteiger charge is 2.25. The van der Waals surface area contributed by atoms with Crippen LogP contribution in [-0.4, -0.2) is 32.1 Å². The molecule has 0 spiro atoms. The number of thiophene rings is 1. The van der Waals surface area contributed by atoms with Crippen molar-refractivity contribution in [1.29, 1.82) is 0 Å². The lowest BCUT2D eigenvalue weighted by Gasteiger charge is -2.23. The van der Waals surface area contributed by atoms with Gasteiger partial charge in [-0.25, -0.2) is 0 Å². The first-order valence-electron chi connectivity index (χ1n) is 8.45. The van der Waals surface area contributed by atoms with Crippen LogP contribution in [0.25, 0.3) is 0 Å². The van der Waals surface area contributed by atoms with Crippen molar-refractivity contribution in [3.8, 4) is 0 Å². The summed E-state index contributed by atoms with van der Waals surface area (Å²) in [5.74, 6) is 1.50. The fraction of sp³-hybridized carbons (Fsp3) is 0.588. The minimum atomic E-state index is 0.0203. The second kappa shape index (κ2) is 7.25. The highest BCUT2D eigenvalue weighted by atomic mass is 32.1. The van der Waals surface area contributed by atoms with Crippen LogP contribution in [0, 0.1) is 6.92 Å². The van der Waals surface area contributed by atoms with Crippen LogP contribution in [0.1, 0.15) is 59.5 Å². The molecule has 2 aromatic heterocycles. The number of carbonyl (C=O) groups is 1. The zero-order valence-corrected chi connectivity index (χ0v) is 14.7. The third-order valence-corrected chi connectivity index (χ3v) is 5.43. The van der Waals surface area contributed by atoms with Crippen LogP contribution in [0.3, 0.4) is 0 Å². The normalized spacial score (nSPS) is 13.8. The molecule has 0 aromatic carbocycles. The third-order valence-electron chi connectivity index (χ3n) is 4.42. The van der Waals surface area contributed by atoms with E-state index in [1.54, 1.807) is 11.3 Å². The number of hydrogen-bond donors (Lipinski definition) is 0. The summed E-state index contributed by atoms with van der Waals surface area (Å²) in [7, 11) is 0. The Balaban J connectivity index is 1.82. The second-order valence-corrected chi connectivity index (χ2v) is 7.16. The molecule has 0 fully saturated rings. The Morgan fingerprint density at radius 3 is 3.00 bits per heavy atom. The number of aryl methyl sites for hydroxylation is 2. The van der Waals surface area contributed by atoms with Crippen molar-refractivity contribution in [1.82, 2.24) is 19.7 Å². The first-order chi connectivity index (χ1) is 11.2. The summed E-state index contributed by atoms with van der Waals surface area (Å²) in [6, 6.07) is 2.11. The molecule has 0 saturated heterocycles. The van der Waals surface area contributed by atoms with Gasteiger partial charge in [-0.05, 0) is 43.2 Å². The van der Waals surface area contributed by atoms with Gasteiger partial charge in [-0.3, -0.25) is 4.79 Å². The smallest absolute Gasteiger partial charge is 0.292 e. The Labute approximate surface area is 141 Å². The van der Waals surface area contributed by atoms with Gasteiger partial charge < -0.3 is 9.47 Å². The number of unbranched alkanes of at least 4 members (excludes halogenated alkanes) is 1. The summed E-state index contributed by atoms with van der Waals surface area (Å²) in [6.07, 6.45) is 5.26. The number of aromatic nitrogens is 3. The summed E-state index contributed by atoms with van der Waals surface area (Å²) in [5.41, 5.74) is 1.26. The molecule has 0 aliphatic carbocycles. The maximum Gasteiger partial charge on any atom is 0.292 e. The molecule has 0 unspecified atom stereocenters. The number of rotatable bonds is 6. The van der Waals surface area contributed by atoms with Crippen molar-refractivity contribution in [2.45, 2.75) is 59.0 Å². The zero-order valence-electron chi connectivity index (χ0n) is 13.9. The van der Waals surface area contributed by atoms with Gasteiger partial charge >= 0.3 is 0 Å². The Bertz CT molecular complexity index is 676. The lowest BCUT2D eigenvalue weighted by molar-refractivity contribution is 0.0723. The fourth-order valence-corrected chi connectivity index (χ4v) is 3.87. The molecule has 2 aromatic rings. The predicted molar refractivity (Wildman–Crippen MR) is 91.7 cm³/mol. The van der Waals surface area contributed by atoms with E-state index in [0.717, 1.165) is 51.0 Å². The maximum absolute atomic E-state index is 13.0. The van der Waals surface area contributed by atoms with Crippen molar-refractivity contribution >= 4 is 17.2 Å². The van der Waals surface area contributed by atoms with Gasteiger partial charge in [0, 0.05) is 24.4 Å². The molecule has 0 radical (unpaired) electrons. The highest BCUT2D eigenvalue weighted by Crippen LogP contribution is 2.21. The average molecular weight is 332 g/mol. The Morgan fingerprint density at radius 1 is 1.39 bits per heavy atom. The molecule has 1 aliphatic heterocycles. The molecule has 0 atom stereocenters. The van der Waals surface area contributed by atoms with Crippen LogP contribution >= 0.6 is 11.3 Å². The van der Waals surface area contributed by atoms with Crippen molar-refractivity contribution in [2.75, 3.05) is 6.54 Å². The van der Waals surface area contributed by atoms with Crippen LogP contribution in [0.15, 0.2) is 11.4 Å². The van der Waals surface area contributed by atoms with E-state index in [1.807, 2.05) is 9.47 Å². The van der Waals surface area contributed by atoms with Gasteiger partial charge in [0.05, 0.1) is 6.54 Å². The van der Waals surface area contributed by atoms with E-state index in [2.05, 4.69) is 35.5 Å². The molecular weight excluding hydrogens is 308 g/mol. The molecule has 6 heteroatoms. The average Bonchev–Trinajstić information content (AvgIpc) is 3.17. The van der Waals surface area contributed by atoms with Crippen molar-refractivity contribution in [2.24, 2.45) is 0 Å². The zero-order chi connectivity index (χ0) is 16.2. The molecule has 0 saturated carbocycles. The SMILES string of the molecule is CCCCN(Cc1sccc1C)C(=O)c1nnc2n1CCCC2. The van der Waals surface area contributed by atoms with Gasteiger partial charge in [-0.1, -0.05) is 13.3 Å². The van der Waals surface area contributed by atoms with Gasteiger partial charge in [0.1, 0.15) is 5.82 Å². The van der Waals surface area contributed by atoms with Crippen LogP contribution < -0.4 is 0 Å². The molecule has 3 rings (SSSR count).